The molecular formula is C20H27BrN6O3. The number of hydrogen-bond acceptors (Lipinski definition) is 6. The molecule has 9 nitrogen and oxygen atoms in total. The number of hydrogen-bond donors (Lipinski definition) is 2. The highest BCUT2D eigenvalue weighted by Crippen LogP contribution is 2.20. The molecule has 2 atom stereocenters. The maximum Gasteiger partial charge on any atom is 0.410 e. The maximum atomic E-state index is 12.6. The minimum Gasteiger partial charge on any atom is -0.444 e. The number of anilines is 1. The SMILES string of the molecule is C[C@@H]1CN(C(=O)NNc2cnc3ccc(Br)cc3n2)C[C@H](C)N1C(=O)OC(C)(C)C. The number of rotatable bonds is 2. The van der Waals surface area contributed by atoms with Crippen molar-refractivity contribution in [2.45, 2.75) is 52.3 Å². The molecule has 1 aromatic carbocycles. The average molecular weight is 479 g/mol. The molecule has 3 amide bonds. The molecule has 1 fully saturated rings. The van der Waals surface area contributed by atoms with Crippen LogP contribution in [0.5, 0.6) is 0 Å². The Labute approximate surface area is 184 Å². The number of nitrogens with zero attached hydrogens (tertiary/aromatic N) is 4. The number of ether oxygens (including phenoxy) is 1. The molecule has 0 bridgehead atoms. The summed E-state index contributed by atoms with van der Waals surface area (Å²) in [4.78, 5) is 37.3. The molecular weight excluding hydrogens is 452 g/mol. The Morgan fingerprint density at radius 3 is 2.47 bits per heavy atom. The van der Waals surface area contributed by atoms with E-state index in [-0.39, 0.29) is 24.2 Å². The van der Waals surface area contributed by atoms with Gasteiger partial charge in [0.1, 0.15) is 5.60 Å². The highest BCUT2D eigenvalue weighted by molar-refractivity contribution is 9.10. The van der Waals surface area contributed by atoms with Crippen LogP contribution in [-0.4, -0.2) is 62.7 Å². The van der Waals surface area contributed by atoms with Gasteiger partial charge in [-0.05, 0) is 52.8 Å². The second kappa shape index (κ2) is 8.63. The number of hydrazine groups is 1. The van der Waals surface area contributed by atoms with E-state index >= 15 is 0 Å². The highest BCUT2D eigenvalue weighted by Gasteiger charge is 2.37. The average Bonchev–Trinajstić information content (AvgIpc) is 2.63. The molecule has 2 aromatic rings. The molecule has 3 rings (SSSR count). The number of piperazine rings is 1. The molecule has 0 aliphatic carbocycles. The molecule has 0 unspecified atom stereocenters. The van der Waals surface area contributed by atoms with E-state index in [0.29, 0.717) is 24.4 Å². The zero-order chi connectivity index (χ0) is 22.1. The Morgan fingerprint density at radius 2 is 1.83 bits per heavy atom. The number of nitrogens with one attached hydrogen (secondary N) is 2. The lowest BCUT2D eigenvalue weighted by molar-refractivity contribution is -0.00931. The first-order valence-corrected chi connectivity index (χ1v) is 10.6. The molecule has 1 saturated heterocycles. The molecule has 2 N–H and O–H groups in total. The third kappa shape index (κ3) is 5.29. The minimum absolute atomic E-state index is 0.174. The first-order chi connectivity index (χ1) is 14.0. The van der Waals surface area contributed by atoms with Gasteiger partial charge < -0.3 is 9.64 Å². The molecule has 162 valence electrons. The summed E-state index contributed by atoms with van der Waals surface area (Å²) in [6, 6.07) is 4.97. The number of benzene rings is 1. The zero-order valence-electron chi connectivity index (χ0n) is 17.8. The molecule has 0 radical (unpaired) electrons. The molecule has 1 aromatic heterocycles. The van der Waals surface area contributed by atoms with Crippen LogP contribution < -0.4 is 10.9 Å². The largest absolute Gasteiger partial charge is 0.444 e. The van der Waals surface area contributed by atoms with E-state index in [1.807, 2.05) is 52.8 Å². The van der Waals surface area contributed by atoms with Gasteiger partial charge in [0.05, 0.1) is 29.3 Å². The minimum atomic E-state index is -0.564. The van der Waals surface area contributed by atoms with Crippen molar-refractivity contribution in [2.24, 2.45) is 0 Å². The number of fused-ring (bicyclic) bond motifs is 1. The number of aromatic nitrogens is 2. The highest BCUT2D eigenvalue weighted by atomic mass is 79.9. The van der Waals surface area contributed by atoms with Crippen LogP contribution in [-0.2, 0) is 4.74 Å². The van der Waals surface area contributed by atoms with Crippen LogP contribution in [0.1, 0.15) is 34.6 Å². The lowest BCUT2D eigenvalue weighted by Gasteiger charge is -2.44. The predicted octanol–water partition coefficient (Wildman–Crippen LogP) is 3.76. The van der Waals surface area contributed by atoms with Crippen molar-refractivity contribution in [2.75, 3.05) is 18.5 Å². The van der Waals surface area contributed by atoms with Crippen molar-refractivity contribution in [3.05, 3.63) is 28.9 Å². The van der Waals surface area contributed by atoms with Gasteiger partial charge in [-0.15, -0.1) is 0 Å². The Balaban J connectivity index is 1.59. The van der Waals surface area contributed by atoms with E-state index in [4.69, 9.17) is 4.74 Å². The van der Waals surface area contributed by atoms with Crippen molar-refractivity contribution < 1.29 is 14.3 Å². The van der Waals surface area contributed by atoms with E-state index < -0.39 is 5.60 Å². The lowest BCUT2D eigenvalue weighted by Crippen LogP contribution is -2.62. The van der Waals surface area contributed by atoms with Gasteiger partial charge >= 0.3 is 12.1 Å². The topological polar surface area (TPSA) is 99.7 Å². The van der Waals surface area contributed by atoms with Crippen LogP contribution in [0.3, 0.4) is 0 Å². The van der Waals surface area contributed by atoms with Gasteiger partial charge in [0.2, 0.25) is 0 Å². The first kappa shape index (κ1) is 22.1. The Hall–Kier alpha value is -2.62. The van der Waals surface area contributed by atoms with E-state index in [1.54, 1.807) is 16.0 Å². The van der Waals surface area contributed by atoms with E-state index in [0.717, 1.165) is 9.99 Å². The van der Waals surface area contributed by atoms with Gasteiger partial charge in [-0.1, -0.05) is 15.9 Å². The van der Waals surface area contributed by atoms with Gasteiger partial charge in [0, 0.05) is 17.6 Å². The fourth-order valence-electron chi connectivity index (χ4n) is 3.40. The number of carbonyl (C=O) groups excluding carboxylic acids is 2. The summed E-state index contributed by atoms with van der Waals surface area (Å²) in [5.74, 6) is 0.433. The maximum absolute atomic E-state index is 12.6. The predicted molar refractivity (Wildman–Crippen MR) is 118 cm³/mol. The summed E-state index contributed by atoms with van der Waals surface area (Å²) in [5.41, 5.74) is 6.37. The van der Waals surface area contributed by atoms with Gasteiger partial charge in [-0.2, -0.15) is 0 Å². The van der Waals surface area contributed by atoms with Crippen molar-refractivity contribution in [1.82, 2.24) is 25.2 Å². The Kier molecular flexibility index (Phi) is 6.35. The second-order valence-corrected chi connectivity index (χ2v) is 9.35. The number of carbonyl (C=O) groups is 2. The van der Waals surface area contributed by atoms with Crippen molar-refractivity contribution in [3.8, 4) is 0 Å². The fraction of sp³-hybridized carbons (Fsp3) is 0.500. The van der Waals surface area contributed by atoms with Crippen molar-refractivity contribution in [1.29, 1.82) is 0 Å². The van der Waals surface area contributed by atoms with Crippen LogP contribution in [0.15, 0.2) is 28.9 Å². The second-order valence-electron chi connectivity index (χ2n) is 8.43. The van der Waals surface area contributed by atoms with E-state index in [2.05, 4.69) is 36.7 Å². The van der Waals surface area contributed by atoms with Crippen molar-refractivity contribution in [3.63, 3.8) is 0 Å². The van der Waals surface area contributed by atoms with Gasteiger partial charge in [0.25, 0.3) is 0 Å². The van der Waals surface area contributed by atoms with Crippen LogP contribution in [0.25, 0.3) is 11.0 Å². The summed E-state index contributed by atoms with van der Waals surface area (Å²) in [5, 5.41) is 0. The van der Waals surface area contributed by atoms with Crippen LogP contribution in [0, 0.1) is 0 Å². The third-order valence-corrected chi connectivity index (χ3v) is 5.11. The Bertz CT molecular complexity index is 936. The van der Waals surface area contributed by atoms with Gasteiger partial charge in [-0.3, -0.25) is 20.7 Å². The molecule has 30 heavy (non-hydrogen) atoms. The van der Waals surface area contributed by atoms with Crippen LogP contribution >= 0.6 is 15.9 Å². The molecule has 1 aliphatic heterocycles. The summed E-state index contributed by atoms with van der Waals surface area (Å²) >= 11 is 3.41. The lowest BCUT2D eigenvalue weighted by atomic mass is 10.1. The summed E-state index contributed by atoms with van der Waals surface area (Å²) in [7, 11) is 0. The summed E-state index contributed by atoms with van der Waals surface area (Å²) < 4.78 is 6.40. The van der Waals surface area contributed by atoms with Crippen LogP contribution in [0.4, 0.5) is 15.4 Å². The standard InChI is InChI=1S/C20H27BrN6O3/c1-12-10-26(11-13(2)27(12)19(29)30-20(3,4)5)18(28)25-24-17-9-22-15-7-6-14(21)8-16(15)23-17/h6-9,12-13H,10-11H2,1-5H3,(H,23,24)(H,25,28)/t12-,13+. The summed E-state index contributed by atoms with van der Waals surface area (Å²) in [6.07, 6.45) is 1.20. The fourth-order valence-corrected chi connectivity index (χ4v) is 3.75. The van der Waals surface area contributed by atoms with Gasteiger partial charge in [0.15, 0.2) is 5.82 Å². The monoisotopic (exact) mass is 478 g/mol. The van der Waals surface area contributed by atoms with Crippen molar-refractivity contribution >= 4 is 44.9 Å². The van der Waals surface area contributed by atoms with E-state index in [9.17, 15) is 9.59 Å². The number of amides is 3. The normalized spacial score (nSPS) is 19.5. The molecule has 0 spiro atoms. The molecule has 0 saturated carbocycles. The Morgan fingerprint density at radius 1 is 1.17 bits per heavy atom. The zero-order valence-corrected chi connectivity index (χ0v) is 19.4. The van der Waals surface area contributed by atoms with Gasteiger partial charge in [-0.25, -0.2) is 14.6 Å². The first-order valence-electron chi connectivity index (χ1n) is 9.78. The number of halogens is 1. The molecule has 10 heteroatoms. The number of urea groups is 1. The molecule has 1 aliphatic rings. The third-order valence-electron chi connectivity index (χ3n) is 4.61. The van der Waals surface area contributed by atoms with E-state index in [1.165, 1.54) is 0 Å². The quantitative estimate of drug-likeness (QED) is 0.637. The smallest absolute Gasteiger partial charge is 0.410 e. The molecule has 2 heterocycles. The van der Waals surface area contributed by atoms with Crippen LogP contribution in [0.2, 0.25) is 0 Å². The summed E-state index contributed by atoms with van der Waals surface area (Å²) in [6.45, 7) is 10.1.